The molecule has 2 atom stereocenters. The van der Waals surface area contributed by atoms with E-state index >= 15 is 0 Å². The second kappa shape index (κ2) is 7.79. The summed E-state index contributed by atoms with van der Waals surface area (Å²) in [5, 5.41) is 2.83. The van der Waals surface area contributed by atoms with Crippen LogP contribution in [0.3, 0.4) is 0 Å². The van der Waals surface area contributed by atoms with Gasteiger partial charge in [-0.1, -0.05) is 17.7 Å². The average Bonchev–Trinajstić information content (AvgIpc) is 3.10. The van der Waals surface area contributed by atoms with Crippen LogP contribution in [0.4, 0.5) is 9.18 Å². The number of amides is 3. The summed E-state index contributed by atoms with van der Waals surface area (Å²) in [6.45, 7) is 5.86. The Bertz CT molecular complexity index is 837. The van der Waals surface area contributed by atoms with Crippen molar-refractivity contribution in [1.29, 1.82) is 0 Å². The monoisotopic (exact) mass is 422 g/mol. The van der Waals surface area contributed by atoms with Gasteiger partial charge in [0.2, 0.25) is 0 Å². The lowest BCUT2D eigenvalue weighted by Gasteiger charge is -2.40. The number of fused-ring (bicyclic) bond motifs is 1. The van der Waals surface area contributed by atoms with Gasteiger partial charge in [-0.05, 0) is 19.1 Å². The number of aliphatic imine (C=N–C) groups is 1. The fourth-order valence-electron chi connectivity index (χ4n) is 4.13. The van der Waals surface area contributed by atoms with Crippen molar-refractivity contribution in [3.05, 3.63) is 34.6 Å². The number of rotatable bonds is 3. The highest BCUT2D eigenvalue weighted by Gasteiger charge is 2.49. The molecule has 3 aliphatic heterocycles. The number of hydrogen-bond acceptors (Lipinski definition) is 6. The van der Waals surface area contributed by atoms with Crippen molar-refractivity contribution in [2.75, 3.05) is 39.8 Å². The number of nitrogens with zero attached hydrogens (tertiary/aromatic N) is 5. The predicted octanol–water partition coefficient (Wildman–Crippen LogP) is 1.16. The van der Waals surface area contributed by atoms with Crippen LogP contribution >= 0.6 is 11.6 Å². The molecule has 1 aromatic rings. The summed E-state index contributed by atoms with van der Waals surface area (Å²) in [5.41, 5.74) is 0.513. The van der Waals surface area contributed by atoms with E-state index in [0.29, 0.717) is 36.8 Å². The maximum atomic E-state index is 14.1. The smallest absolute Gasteiger partial charge is 0.325 e. The summed E-state index contributed by atoms with van der Waals surface area (Å²) in [6, 6.07) is 3.80. The number of guanidine groups is 1. The summed E-state index contributed by atoms with van der Waals surface area (Å²) in [7, 11) is 1.65. The SMILES string of the molecule is CCN1C(N2CCN(Cc3c(F)cccc3Cl)CC2)=NC2C1C(=O)NC(=O)N2C. The molecule has 3 amide bonds. The molecular formula is C19H24ClFN6O2. The van der Waals surface area contributed by atoms with E-state index in [1.54, 1.807) is 19.2 Å². The lowest BCUT2D eigenvalue weighted by atomic mass is 10.1. The van der Waals surface area contributed by atoms with E-state index in [9.17, 15) is 14.0 Å². The number of likely N-dealkylation sites (N-methyl/N-ethyl adjacent to an activating group) is 2. The van der Waals surface area contributed by atoms with Gasteiger partial charge in [0.25, 0.3) is 5.91 Å². The Kier molecular flexibility index (Phi) is 5.35. The van der Waals surface area contributed by atoms with E-state index in [4.69, 9.17) is 16.6 Å². The van der Waals surface area contributed by atoms with Crippen LogP contribution < -0.4 is 5.32 Å². The summed E-state index contributed by atoms with van der Waals surface area (Å²) in [6.07, 6.45) is -0.513. The minimum absolute atomic E-state index is 0.292. The summed E-state index contributed by atoms with van der Waals surface area (Å²) < 4.78 is 14.1. The van der Waals surface area contributed by atoms with E-state index < -0.39 is 18.2 Å². The molecule has 8 nitrogen and oxygen atoms in total. The van der Waals surface area contributed by atoms with Gasteiger partial charge in [-0.25, -0.2) is 14.2 Å². The van der Waals surface area contributed by atoms with E-state index in [1.165, 1.54) is 11.0 Å². The molecule has 0 spiro atoms. The zero-order valence-electron chi connectivity index (χ0n) is 16.4. The molecule has 2 saturated heterocycles. The number of carbonyl (C=O) groups excluding carboxylic acids is 2. The summed E-state index contributed by atoms with van der Waals surface area (Å²) >= 11 is 6.16. The Morgan fingerprint density at radius 1 is 1.24 bits per heavy atom. The van der Waals surface area contributed by atoms with Gasteiger partial charge in [0.15, 0.2) is 18.2 Å². The minimum atomic E-state index is -0.513. The van der Waals surface area contributed by atoms with Gasteiger partial charge in [-0.2, -0.15) is 0 Å². The molecule has 0 aliphatic carbocycles. The first-order valence-electron chi connectivity index (χ1n) is 9.73. The largest absolute Gasteiger partial charge is 0.340 e. The van der Waals surface area contributed by atoms with Crippen LogP contribution in [0.5, 0.6) is 0 Å². The second-order valence-corrected chi connectivity index (χ2v) is 7.85. The first kappa shape index (κ1) is 19.9. The Balaban J connectivity index is 1.45. The number of urea groups is 1. The number of nitrogens with one attached hydrogen (secondary N) is 1. The Morgan fingerprint density at radius 2 is 1.97 bits per heavy atom. The average molecular weight is 423 g/mol. The molecule has 0 saturated carbocycles. The van der Waals surface area contributed by atoms with Crippen molar-refractivity contribution in [1.82, 2.24) is 24.9 Å². The van der Waals surface area contributed by atoms with Gasteiger partial charge in [0.1, 0.15) is 5.82 Å². The van der Waals surface area contributed by atoms with Crippen LogP contribution in [0.15, 0.2) is 23.2 Å². The molecule has 3 heterocycles. The number of benzene rings is 1. The summed E-state index contributed by atoms with van der Waals surface area (Å²) in [4.78, 5) is 36.8. The van der Waals surface area contributed by atoms with Crippen LogP contribution in [-0.2, 0) is 11.3 Å². The third-order valence-corrected chi connectivity index (χ3v) is 6.13. The van der Waals surface area contributed by atoms with E-state index in [-0.39, 0.29) is 11.7 Å². The first-order valence-corrected chi connectivity index (χ1v) is 10.1. The van der Waals surface area contributed by atoms with Gasteiger partial charge in [0, 0.05) is 56.9 Å². The fraction of sp³-hybridized carbons (Fsp3) is 0.526. The number of hydrogen-bond donors (Lipinski definition) is 1. The van der Waals surface area contributed by atoms with E-state index in [0.717, 1.165) is 19.0 Å². The van der Waals surface area contributed by atoms with Crippen molar-refractivity contribution in [3.63, 3.8) is 0 Å². The van der Waals surface area contributed by atoms with E-state index in [1.807, 2.05) is 11.8 Å². The minimum Gasteiger partial charge on any atom is -0.340 e. The normalized spacial score (nSPS) is 25.2. The van der Waals surface area contributed by atoms with Gasteiger partial charge in [0.05, 0.1) is 0 Å². The third kappa shape index (κ3) is 3.53. The van der Waals surface area contributed by atoms with Crippen LogP contribution in [0.1, 0.15) is 12.5 Å². The van der Waals surface area contributed by atoms with Crippen LogP contribution in [0, 0.1) is 5.82 Å². The van der Waals surface area contributed by atoms with Crippen molar-refractivity contribution in [3.8, 4) is 0 Å². The fourth-order valence-corrected chi connectivity index (χ4v) is 4.35. The zero-order chi connectivity index (χ0) is 20.7. The lowest BCUT2D eigenvalue weighted by Crippen LogP contribution is -2.64. The maximum absolute atomic E-state index is 14.1. The Hall–Kier alpha value is -2.39. The molecule has 2 unspecified atom stereocenters. The molecule has 1 N–H and O–H groups in total. The van der Waals surface area contributed by atoms with Crippen molar-refractivity contribution >= 4 is 29.5 Å². The number of carbonyl (C=O) groups is 2. The molecule has 3 aliphatic rings. The van der Waals surface area contributed by atoms with E-state index in [2.05, 4.69) is 15.1 Å². The molecule has 4 rings (SSSR count). The standard InChI is InChI=1S/C19H24ClFN6O2/c1-3-27-15-16(24(2)19(29)23-17(15)28)22-18(27)26-9-7-25(8-10-26)11-12-13(20)5-4-6-14(12)21/h4-6,15-16H,3,7-11H2,1-2H3,(H,23,28,29). The van der Waals surface area contributed by atoms with Crippen LogP contribution in [-0.4, -0.2) is 89.5 Å². The molecule has 156 valence electrons. The highest BCUT2D eigenvalue weighted by molar-refractivity contribution is 6.31. The Labute approximate surface area is 173 Å². The molecule has 1 aromatic carbocycles. The second-order valence-electron chi connectivity index (χ2n) is 7.44. The Morgan fingerprint density at radius 3 is 2.62 bits per heavy atom. The molecule has 0 bridgehead atoms. The lowest BCUT2D eigenvalue weighted by molar-refractivity contribution is -0.127. The van der Waals surface area contributed by atoms with Crippen molar-refractivity contribution in [2.24, 2.45) is 4.99 Å². The first-order chi connectivity index (χ1) is 13.9. The number of imide groups is 1. The highest BCUT2D eigenvalue weighted by atomic mass is 35.5. The van der Waals surface area contributed by atoms with Gasteiger partial charge in [-0.3, -0.25) is 15.0 Å². The maximum Gasteiger partial charge on any atom is 0.325 e. The van der Waals surface area contributed by atoms with Gasteiger partial charge in [-0.15, -0.1) is 0 Å². The van der Waals surface area contributed by atoms with Crippen molar-refractivity contribution in [2.45, 2.75) is 25.7 Å². The molecule has 0 radical (unpaired) electrons. The number of halogens is 2. The molecule has 2 fully saturated rings. The molecule has 0 aromatic heterocycles. The van der Waals surface area contributed by atoms with Crippen LogP contribution in [0.2, 0.25) is 5.02 Å². The van der Waals surface area contributed by atoms with Gasteiger partial charge >= 0.3 is 6.03 Å². The van der Waals surface area contributed by atoms with Gasteiger partial charge < -0.3 is 14.7 Å². The highest BCUT2D eigenvalue weighted by Crippen LogP contribution is 2.26. The predicted molar refractivity (Wildman–Crippen MR) is 107 cm³/mol. The number of piperazine rings is 1. The third-order valence-electron chi connectivity index (χ3n) is 5.78. The topological polar surface area (TPSA) is 71.5 Å². The molecular weight excluding hydrogens is 399 g/mol. The summed E-state index contributed by atoms with van der Waals surface area (Å²) in [5.74, 6) is 0.134. The molecule has 10 heteroatoms. The molecule has 29 heavy (non-hydrogen) atoms. The zero-order valence-corrected chi connectivity index (χ0v) is 17.2. The quantitative estimate of drug-likeness (QED) is 0.791. The van der Waals surface area contributed by atoms with Crippen LogP contribution in [0.25, 0.3) is 0 Å². The van der Waals surface area contributed by atoms with Crippen molar-refractivity contribution < 1.29 is 14.0 Å².